The summed E-state index contributed by atoms with van der Waals surface area (Å²) in [6, 6.07) is 17.0. The molecule has 2 atom stereocenters. The molecule has 1 aromatic heterocycles. The van der Waals surface area contributed by atoms with Gasteiger partial charge in [0, 0.05) is 5.02 Å². The minimum Gasteiger partial charge on any atom is -0.348 e. The fourth-order valence-corrected chi connectivity index (χ4v) is 3.23. The van der Waals surface area contributed by atoms with Crippen LogP contribution in [-0.4, -0.2) is 14.8 Å². The molecule has 4 nitrogen and oxygen atoms in total. The Balaban J connectivity index is 1.71. The first kappa shape index (κ1) is 14.3. The number of halogens is 1. The van der Waals surface area contributed by atoms with Crippen molar-refractivity contribution in [1.29, 1.82) is 0 Å². The van der Waals surface area contributed by atoms with E-state index in [2.05, 4.69) is 58.7 Å². The number of rotatable bonds is 2. The molecule has 2 aromatic carbocycles. The number of aryl methyl sites for hydroxylation is 1. The maximum atomic E-state index is 6.01. The largest absolute Gasteiger partial charge is 0.348 e. The number of hydrogen-bond donors (Lipinski definition) is 1. The molecule has 0 spiro atoms. The van der Waals surface area contributed by atoms with Crippen molar-refractivity contribution in [1.82, 2.24) is 14.8 Å². The second kappa shape index (κ2) is 5.70. The van der Waals surface area contributed by atoms with Gasteiger partial charge in [-0.05, 0) is 36.6 Å². The highest BCUT2D eigenvalue weighted by Crippen LogP contribution is 2.37. The van der Waals surface area contributed by atoms with Crippen LogP contribution in [0.2, 0.25) is 5.02 Å². The van der Waals surface area contributed by atoms with Gasteiger partial charge in [-0.3, -0.25) is 0 Å². The molecule has 0 fully saturated rings. The Morgan fingerprint density at radius 2 is 1.74 bits per heavy atom. The van der Waals surface area contributed by atoms with E-state index < -0.39 is 0 Å². The van der Waals surface area contributed by atoms with Crippen molar-refractivity contribution in [3.63, 3.8) is 0 Å². The van der Waals surface area contributed by atoms with E-state index in [4.69, 9.17) is 11.6 Å². The number of nitrogens with zero attached hydrogens (tertiary/aromatic N) is 3. The van der Waals surface area contributed by atoms with Crippen molar-refractivity contribution in [2.75, 3.05) is 5.32 Å². The summed E-state index contributed by atoms with van der Waals surface area (Å²) in [5.41, 5.74) is 3.72. The SMILES string of the molecule is Cc1ccc([C@@H]2C[C@H](c3ccc(Cl)cc3)Nc3ncnn32)cc1. The van der Waals surface area contributed by atoms with E-state index in [0.29, 0.717) is 0 Å². The van der Waals surface area contributed by atoms with Crippen LogP contribution in [-0.2, 0) is 0 Å². The van der Waals surface area contributed by atoms with Crippen LogP contribution in [0.15, 0.2) is 54.9 Å². The molecule has 1 aliphatic heterocycles. The number of nitrogens with one attached hydrogen (secondary N) is 1. The van der Waals surface area contributed by atoms with E-state index in [1.165, 1.54) is 16.7 Å². The Hall–Kier alpha value is -2.33. The predicted octanol–water partition coefficient (Wildman–Crippen LogP) is 4.39. The second-order valence-corrected chi connectivity index (χ2v) is 6.38. The quantitative estimate of drug-likeness (QED) is 0.760. The molecule has 116 valence electrons. The number of hydrogen-bond acceptors (Lipinski definition) is 3. The minimum absolute atomic E-state index is 0.176. The molecule has 0 saturated carbocycles. The lowest BCUT2D eigenvalue weighted by atomic mass is 9.93. The maximum Gasteiger partial charge on any atom is 0.222 e. The lowest BCUT2D eigenvalue weighted by molar-refractivity contribution is 0.431. The molecule has 0 bridgehead atoms. The van der Waals surface area contributed by atoms with Crippen LogP contribution in [0, 0.1) is 6.92 Å². The van der Waals surface area contributed by atoms with Gasteiger partial charge in [-0.15, -0.1) is 0 Å². The molecule has 1 N–H and O–H groups in total. The van der Waals surface area contributed by atoms with E-state index in [1.807, 2.05) is 16.8 Å². The molecule has 0 unspecified atom stereocenters. The summed E-state index contributed by atoms with van der Waals surface area (Å²) in [6.45, 7) is 2.10. The molecule has 3 aromatic rings. The third-order valence-electron chi connectivity index (χ3n) is 4.37. The highest BCUT2D eigenvalue weighted by molar-refractivity contribution is 6.30. The van der Waals surface area contributed by atoms with Crippen molar-refractivity contribution < 1.29 is 0 Å². The van der Waals surface area contributed by atoms with Gasteiger partial charge in [0.05, 0.1) is 12.1 Å². The van der Waals surface area contributed by atoms with E-state index in [-0.39, 0.29) is 12.1 Å². The average molecular weight is 325 g/mol. The Bertz CT molecular complexity index is 808. The van der Waals surface area contributed by atoms with Crippen LogP contribution in [0.25, 0.3) is 0 Å². The Morgan fingerprint density at radius 1 is 1.04 bits per heavy atom. The molecular weight excluding hydrogens is 308 g/mol. The monoisotopic (exact) mass is 324 g/mol. The van der Waals surface area contributed by atoms with Gasteiger partial charge in [-0.2, -0.15) is 10.1 Å². The van der Waals surface area contributed by atoms with Crippen molar-refractivity contribution in [3.05, 3.63) is 76.6 Å². The summed E-state index contributed by atoms with van der Waals surface area (Å²) in [7, 11) is 0. The smallest absolute Gasteiger partial charge is 0.222 e. The molecule has 0 amide bonds. The van der Waals surface area contributed by atoms with Crippen LogP contribution in [0.3, 0.4) is 0 Å². The number of benzene rings is 2. The number of anilines is 1. The minimum atomic E-state index is 0.176. The van der Waals surface area contributed by atoms with E-state index in [1.54, 1.807) is 6.33 Å². The summed E-state index contributed by atoms with van der Waals surface area (Å²) < 4.78 is 1.97. The van der Waals surface area contributed by atoms with Crippen LogP contribution >= 0.6 is 11.6 Å². The Labute approximate surface area is 140 Å². The standard InChI is InChI=1S/C18H17ClN4/c1-12-2-4-14(5-3-12)17-10-16(13-6-8-15(19)9-7-13)22-18-20-11-21-23(17)18/h2-9,11,16-17H,10H2,1H3,(H,20,21,22)/t16-,17+/m1/s1. The van der Waals surface area contributed by atoms with E-state index >= 15 is 0 Å². The van der Waals surface area contributed by atoms with E-state index in [9.17, 15) is 0 Å². The van der Waals surface area contributed by atoms with Gasteiger partial charge in [0.25, 0.3) is 0 Å². The highest BCUT2D eigenvalue weighted by Gasteiger charge is 2.29. The van der Waals surface area contributed by atoms with Gasteiger partial charge in [0.2, 0.25) is 5.95 Å². The Morgan fingerprint density at radius 3 is 2.48 bits per heavy atom. The fraction of sp³-hybridized carbons (Fsp3) is 0.222. The van der Waals surface area contributed by atoms with Gasteiger partial charge in [0.15, 0.2) is 0 Å². The summed E-state index contributed by atoms with van der Waals surface area (Å²) in [5.74, 6) is 0.807. The zero-order valence-electron chi connectivity index (χ0n) is 12.8. The summed E-state index contributed by atoms with van der Waals surface area (Å²) in [5, 5.41) is 8.62. The molecule has 0 radical (unpaired) electrons. The lowest BCUT2D eigenvalue weighted by Gasteiger charge is -2.31. The highest BCUT2D eigenvalue weighted by atomic mass is 35.5. The molecule has 23 heavy (non-hydrogen) atoms. The molecular formula is C18H17ClN4. The zero-order valence-corrected chi connectivity index (χ0v) is 13.5. The molecule has 2 heterocycles. The van der Waals surface area contributed by atoms with Gasteiger partial charge < -0.3 is 5.32 Å². The molecule has 0 saturated heterocycles. The first-order chi connectivity index (χ1) is 11.2. The zero-order chi connectivity index (χ0) is 15.8. The molecule has 5 heteroatoms. The maximum absolute atomic E-state index is 6.01. The first-order valence-electron chi connectivity index (χ1n) is 7.69. The summed E-state index contributed by atoms with van der Waals surface area (Å²) in [6.07, 6.45) is 2.52. The first-order valence-corrected chi connectivity index (χ1v) is 8.06. The van der Waals surface area contributed by atoms with Crippen LogP contribution in [0.5, 0.6) is 0 Å². The van der Waals surface area contributed by atoms with Crippen molar-refractivity contribution in [3.8, 4) is 0 Å². The van der Waals surface area contributed by atoms with Gasteiger partial charge >= 0.3 is 0 Å². The molecule has 4 rings (SSSR count). The van der Waals surface area contributed by atoms with E-state index in [0.717, 1.165) is 17.4 Å². The van der Waals surface area contributed by atoms with Crippen LogP contribution < -0.4 is 5.32 Å². The van der Waals surface area contributed by atoms with Crippen molar-refractivity contribution in [2.45, 2.75) is 25.4 Å². The lowest BCUT2D eigenvalue weighted by Crippen LogP contribution is -2.28. The van der Waals surface area contributed by atoms with Crippen molar-refractivity contribution in [2.24, 2.45) is 0 Å². The van der Waals surface area contributed by atoms with Gasteiger partial charge in [-0.25, -0.2) is 4.68 Å². The third kappa shape index (κ3) is 2.70. The predicted molar refractivity (Wildman–Crippen MR) is 91.8 cm³/mol. The van der Waals surface area contributed by atoms with Crippen LogP contribution in [0.1, 0.15) is 35.2 Å². The normalized spacial score (nSPS) is 19.9. The topological polar surface area (TPSA) is 42.7 Å². The van der Waals surface area contributed by atoms with Crippen molar-refractivity contribution >= 4 is 17.5 Å². The fourth-order valence-electron chi connectivity index (χ4n) is 3.10. The summed E-state index contributed by atoms with van der Waals surface area (Å²) >= 11 is 6.01. The van der Waals surface area contributed by atoms with Gasteiger partial charge in [-0.1, -0.05) is 53.6 Å². The third-order valence-corrected chi connectivity index (χ3v) is 4.62. The van der Waals surface area contributed by atoms with Gasteiger partial charge in [0.1, 0.15) is 6.33 Å². The molecule has 0 aliphatic carbocycles. The molecule has 1 aliphatic rings. The number of fused-ring (bicyclic) bond motifs is 1. The average Bonchev–Trinajstić information content (AvgIpc) is 3.04. The van der Waals surface area contributed by atoms with Crippen LogP contribution in [0.4, 0.5) is 5.95 Å². The number of aromatic nitrogens is 3. The second-order valence-electron chi connectivity index (χ2n) is 5.94. The Kier molecular flexibility index (Phi) is 3.54. The summed E-state index contributed by atoms with van der Waals surface area (Å²) in [4.78, 5) is 4.36.